The van der Waals surface area contributed by atoms with Gasteiger partial charge in [0.15, 0.2) is 0 Å². The topological polar surface area (TPSA) is 82.2 Å². The normalized spacial score (nSPS) is 15.1. The number of amides is 1. The van der Waals surface area contributed by atoms with Crippen molar-refractivity contribution in [3.8, 4) is 0 Å². The van der Waals surface area contributed by atoms with Crippen LogP contribution in [0.4, 0.5) is 19.0 Å². The van der Waals surface area contributed by atoms with Crippen molar-refractivity contribution < 1.29 is 18.0 Å². The summed E-state index contributed by atoms with van der Waals surface area (Å²) in [5, 5.41) is 0.413. The quantitative estimate of drug-likeness (QED) is 0.614. The van der Waals surface area contributed by atoms with Crippen molar-refractivity contribution >= 4 is 34.2 Å². The van der Waals surface area contributed by atoms with Gasteiger partial charge in [0.25, 0.3) is 5.56 Å². The van der Waals surface area contributed by atoms with Gasteiger partial charge in [-0.05, 0) is 31.0 Å². The molecule has 0 atom stereocenters. The molecular formula is C22H21ClF3N5O2. The smallest absolute Gasteiger partial charge is 0.355 e. The van der Waals surface area contributed by atoms with Crippen LogP contribution < -0.4 is 10.5 Å². The zero-order valence-electron chi connectivity index (χ0n) is 17.7. The van der Waals surface area contributed by atoms with Gasteiger partial charge in [-0.15, -0.1) is 0 Å². The Morgan fingerprint density at radius 1 is 1.27 bits per heavy atom. The molecule has 3 aromatic rings. The predicted molar refractivity (Wildman–Crippen MR) is 118 cm³/mol. The monoisotopic (exact) mass is 479 g/mol. The van der Waals surface area contributed by atoms with Crippen LogP contribution in [0.5, 0.6) is 0 Å². The molecule has 2 aromatic heterocycles. The number of halogens is 4. The number of hydrogen-bond acceptors (Lipinski definition) is 5. The number of H-pyrrole nitrogens is 1. The van der Waals surface area contributed by atoms with Gasteiger partial charge in [0.2, 0.25) is 5.91 Å². The van der Waals surface area contributed by atoms with Gasteiger partial charge in [0.05, 0.1) is 28.0 Å². The number of aromatic nitrogens is 3. The first-order valence-corrected chi connectivity index (χ1v) is 10.7. The van der Waals surface area contributed by atoms with Crippen LogP contribution in [0.15, 0.2) is 41.3 Å². The molecule has 1 aliphatic rings. The van der Waals surface area contributed by atoms with Crippen LogP contribution in [0.1, 0.15) is 24.2 Å². The average Bonchev–Trinajstić information content (AvgIpc) is 2.78. The Balaban J connectivity index is 1.39. The second-order valence-electron chi connectivity index (χ2n) is 8.01. The number of hydrogen-bond donors (Lipinski definition) is 1. The van der Waals surface area contributed by atoms with Crippen molar-refractivity contribution in [1.82, 2.24) is 19.9 Å². The van der Waals surface area contributed by atoms with Crippen LogP contribution in [0.2, 0.25) is 5.02 Å². The van der Waals surface area contributed by atoms with Crippen LogP contribution in [0, 0.1) is 5.92 Å². The van der Waals surface area contributed by atoms with Crippen LogP contribution in [-0.2, 0) is 17.5 Å². The first kappa shape index (κ1) is 23.0. The Bertz CT molecular complexity index is 1240. The number of nitrogens with zero attached hydrogens (tertiary/aromatic N) is 4. The molecule has 0 aliphatic carbocycles. The third kappa shape index (κ3) is 4.95. The average molecular weight is 480 g/mol. The highest BCUT2D eigenvalue weighted by Gasteiger charge is 2.33. The zero-order valence-corrected chi connectivity index (χ0v) is 18.5. The van der Waals surface area contributed by atoms with Crippen LogP contribution >= 0.6 is 11.6 Å². The van der Waals surface area contributed by atoms with Crippen molar-refractivity contribution in [2.75, 3.05) is 25.0 Å². The Hall–Kier alpha value is -3.14. The van der Waals surface area contributed by atoms with Crippen molar-refractivity contribution in [2.45, 2.75) is 25.6 Å². The lowest BCUT2D eigenvalue weighted by Crippen LogP contribution is -2.41. The number of alkyl halides is 3. The molecule has 0 saturated carbocycles. The van der Waals surface area contributed by atoms with Gasteiger partial charge in [-0.25, -0.2) is 9.97 Å². The van der Waals surface area contributed by atoms with E-state index in [1.54, 1.807) is 36.2 Å². The molecule has 0 spiro atoms. The molecule has 1 saturated heterocycles. The van der Waals surface area contributed by atoms with Gasteiger partial charge in [0.1, 0.15) is 11.6 Å². The van der Waals surface area contributed by atoms with Crippen molar-refractivity contribution in [3.05, 3.63) is 63.3 Å². The summed E-state index contributed by atoms with van der Waals surface area (Å²) >= 11 is 6.05. The van der Waals surface area contributed by atoms with Gasteiger partial charge < -0.3 is 14.8 Å². The molecule has 1 amide bonds. The maximum atomic E-state index is 12.9. The number of anilines is 1. The van der Waals surface area contributed by atoms with Crippen LogP contribution in [0.25, 0.3) is 10.9 Å². The molecule has 4 rings (SSSR count). The Morgan fingerprint density at radius 3 is 2.64 bits per heavy atom. The SMILES string of the molecule is CN(Cc1nc2ccccc2c(=O)[nH]1)C(=O)C1CCN(c2ncc(C(F)(F)F)cc2Cl)CC1. The molecule has 1 N–H and O–H groups in total. The Labute approximate surface area is 192 Å². The number of pyridine rings is 1. The number of carbonyl (C=O) groups excluding carboxylic acids is 1. The standard InChI is InChI=1S/C22H21ClF3N5O2/c1-30(12-18-28-17-5-3-2-4-15(17)20(32)29-18)21(33)13-6-8-31(9-7-13)19-16(23)10-14(11-27-19)22(24,25)26/h2-5,10-11,13H,6-9,12H2,1H3,(H,28,29,32). The molecule has 0 bridgehead atoms. The fourth-order valence-electron chi connectivity index (χ4n) is 3.98. The van der Waals surface area contributed by atoms with Crippen molar-refractivity contribution in [1.29, 1.82) is 0 Å². The summed E-state index contributed by atoms with van der Waals surface area (Å²) in [6, 6.07) is 7.84. The van der Waals surface area contributed by atoms with Crippen molar-refractivity contribution in [3.63, 3.8) is 0 Å². The lowest BCUT2D eigenvalue weighted by Gasteiger charge is -2.34. The minimum atomic E-state index is -4.51. The summed E-state index contributed by atoms with van der Waals surface area (Å²) < 4.78 is 38.5. The van der Waals surface area contributed by atoms with E-state index in [1.807, 2.05) is 0 Å². The molecule has 33 heavy (non-hydrogen) atoms. The van der Waals surface area contributed by atoms with E-state index in [4.69, 9.17) is 11.6 Å². The summed E-state index contributed by atoms with van der Waals surface area (Å²) in [6.07, 6.45) is -2.74. The molecule has 0 unspecified atom stereocenters. The van der Waals surface area contributed by atoms with Gasteiger partial charge >= 0.3 is 6.18 Å². The van der Waals surface area contributed by atoms with E-state index in [-0.39, 0.29) is 34.8 Å². The molecule has 0 radical (unpaired) electrons. The van der Waals surface area contributed by atoms with Crippen LogP contribution in [0.3, 0.4) is 0 Å². The van der Waals surface area contributed by atoms with Gasteiger partial charge in [-0.1, -0.05) is 23.7 Å². The predicted octanol–water partition coefficient (Wildman–Crippen LogP) is 3.87. The van der Waals surface area contributed by atoms with Gasteiger partial charge in [-0.3, -0.25) is 9.59 Å². The van der Waals surface area contributed by atoms with Gasteiger partial charge in [-0.2, -0.15) is 13.2 Å². The second kappa shape index (κ2) is 9.01. The first-order chi connectivity index (χ1) is 15.6. The molecule has 1 aromatic carbocycles. The van der Waals surface area contributed by atoms with E-state index in [9.17, 15) is 22.8 Å². The van der Waals surface area contributed by atoms with E-state index in [2.05, 4.69) is 15.0 Å². The lowest BCUT2D eigenvalue weighted by molar-refractivity contribution is -0.138. The van der Waals surface area contributed by atoms with E-state index in [0.29, 0.717) is 42.7 Å². The molecule has 7 nitrogen and oxygen atoms in total. The minimum Gasteiger partial charge on any atom is -0.355 e. The third-order valence-corrected chi connectivity index (χ3v) is 6.00. The number of fused-ring (bicyclic) bond motifs is 1. The maximum Gasteiger partial charge on any atom is 0.417 e. The first-order valence-electron chi connectivity index (χ1n) is 10.3. The summed E-state index contributed by atoms with van der Waals surface area (Å²) in [5.41, 5.74) is -0.597. The molecule has 11 heteroatoms. The molecule has 174 valence electrons. The summed E-state index contributed by atoms with van der Waals surface area (Å²) in [5.74, 6) is 0.332. The molecule has 1 aliphatic heterocycles. The number of benzene rings is 1. The largest absolute Gasteiger partial charge is 0.417 e. The molecule has 3 heterocycles. The highest BCUT2D eigenvalue weighted by atomic mass is 35.5. The summed E-state index contributed by atoms with van der Waals surface area (Å²) in [6.45, 7) is 1.03. The summed E-state index contributed by atoms with van der Waals surface area (Å²) in [7, 11) is 1.65. The fourth-order valence-corrected chi connectivity index (χ4v) is 4.27. The molecular weight excluding hydrogens is 459 g/mol. The van der Waals surface area contributed by atoms with E-state index in [0.717, 1.165) is 12.3 Å². The zero-order chi connectivity index (χ0) is 23.8. The van der Waals surface area contributed by atoms with Gasteiger partial charge in [0, 0.05) is 32.3 Å². The number of aromatic amines is 1. The molecule has 1 fully saturated rings. The number of carbonyl (C=O) groups is 1. The van der Waals surface area contributed by atoms with E-state index >= 15 is 0 Å². The Morgan fingerprint density at radius 2 is 1.97 bits per heavy atom. The number of para-hydroxylation sites is 1. The maximum absolute atomic E-state index is 12.9. The van der Waals surface area contributed by atoms with Crippen molar-refractivity contribution in [2.24, 2.45) is 5.92 Å². The number of rotatable bonds is 4. The number of nitrogens with one attached hydrogen (secondary N) is 1. The summed E-state index contributed by atoms with van der Waals surface area (Å²) in [4.78, 5) is 39.5. The third-order valence-electron chi connectivity index (χ3n) is 5.72. The second-order valence-corrected chi connectivity index (χ2v) is 8.42. The fraction of sp³-hybridized carbons (Fsp3) is 0.364. The van der Waals surface area contributed by atoms with E-state index < -0.39 is 11.7 Å². The minimum absolute atomic E-state index is 0.0712. The number of piperidine rings is 1. The van der Waals surface area contributed by atoms with E-state index in [1.165, 1.54) is 4.90 Å². The highest BCUT2D eigenvalue weighted by molar-refractivity contribution is 6.33. The Kier molecular flexibility index (Phi) is 6.29. The highest BCUT2D eigenvalue weighted by Crippen LogP contribution is 2.34. The van der Waals surface area contributed by atoms with Crippen LogP contribution in [-0.4, -0.2) is 45.9 Å². The lowest BCUT2D eigenvalue weighted by atomic mass is 9.95.